The maximum Gasteiger partial charge on any atom is 0.0593 e. The average molecular weight is 260 g/mol. The number of nitrogens with zero attached hydrogens (tertiary/aromatic N) is 1. The van der Waals surface area contributed by atoms with Gasteiger partial charge in [-0.2, -0.15) is 0 Å². The lowest BCUT2D eigenvalue weighted by Gasteiger charge is -2.20. The van der Waals surface area contributed by atoms with Crippen molar-refractivity contribution in [1.82, 2.24) is 10.2 Å². The molecule has 0 spiro atoms. The molecular formula is C14H32N2O2. The Bertz CT molecular complexity index is 157. The summed E-state index contributed by atoms with van der Waals surface area (Å²) in [5, 5.41) is 3.41. The highest BCUT2D eigenvalue weighted by atomic mass is 16.5. The van der Waals surface area contributed by atoms with Crippen LogP contribution >= 0.6 is 0 Å². The summed E-state index contributed by atoms with van der Waals surface area (Å²) < 4.78 is 10.9. The van der Waals surface area contributed by atoms with Gasteiger partial charge in [0.2, 0.25) is 0 Å². The minimum atomic E-state index is 0.810. The van der Waals surface area contributed by atoms with Crippen LogP contribution in [0.3, 0.4) is 0 Å². The monoisotopic (exact) mass is 260 g/mol. The first kappa shape index (κ1) is 17.8. The topological polar surface area (TPSA) is 33.7 Å². The summed E-state index contributed by atoms with van der Waals surface area (Å²) in [6.07, 6.45) is 2.37. The SMILES string of the molecule is CCCCOCCNCCN(CC)CCOCC. The molecule has 0 unspecified atom stereocenters. The molecule has 0 amide bonds. The van der Waals surface area contributed by atoms with Crippen molar-refractivity contribution in [2.75, 3.05) is 59.2 Å². The van der Waals surface area contributed by atoms with E-state index in [0.717, 1.165) is 59.2 Å². The number of ether oxygens (including phenoxy) is 2. The molecule has 0 aromatic carbocycles. The van der Waals surface area contributed by atoms with Crippen LogP contribution in [-0.2, 0) is 9.47 Å². The predicted molar refractivity (Wildman–Crippen MR) is 77.2 cm³/mol. The largest absolute Gasteiger partial charge is 0.380 e. The number of hydrogen-bond donors (Lipinski definition) is 1. The smallest absolute Gasteiger partial charge is 0.0593 e. The fraction of sp³-hybridized carbons (Fsp3) is 1.00. The molecule has 0 saturated heterocycles. The fourth-order valence-corrected chi connectivity index (χ4v) is 1.62. The first-order valence-electron chi connectivity index (χ1n) is 7.43. The minimum Gasteiger partial charge on any atom is -0.380 e. The molecule has 4 heteroatoms. The van der Waals surface area contributed by atoms with Crippen LogP contribution in [0.15, 0.2) is 0 Å². The molecule has 0 aliphatic carbocycles. The van der Waals surface area contributed by atoms with Gasteiger partial charge in [0.25, 0.3) is 0 Å². The molecule has 0 aromatic rings. The highest BCUT2D eigenvalue weighted by Gasteiger charge is 2.00. The Kier molecular flexibility index (Phi) is 14.8. The molecule has 4 nitrogen and oxygen atoms in total. The molecule has 0 saturated carbocycles. The highest BCUT2D eigenvalue weighted by molar-refractivity contribution is 4.57. The third-order valence-electron chi connectivity index (χ3n) is 2.87. The number of rotatable bonds is 14. The molecule has 18 heavy (non-hydrogen) atoms. The van der Waals surface area contributed by atoms with E-state index >= 15 is 0 Å². The van der Waals surface area contributed by atoms with E-state index < -0.39 is 0 Å². The zero-order chi connectivity index (χ0) is 13.5. The molecule has 0 aliphatic rings. The zero-order valence-electron chi connectivity index (χ0n) is 12.5. The van der Waals surface area contributed by atoms with E-state index in [9.17, 15) is 0 Å². The van der Waals surface area contributed by atoms with Crippen LogP contribution in [0, 0.1) is 0 Å². The number of unbranched alkanes of at least 4 members (excludes halogenated alkanes) is 1. The molecule has 0 bridgehead atoms. The Morgan fingerprint density at radius 3 is 2.39 bits per heavy atom. The standard InChI is InChI=1S/C14H32N2O2/c1-4-7-12-18-13-9-15-8-10-16(5-2)11-14-17-6-3/h15H,4-14H2,1-3H3. The second kappa shape index (κ2) is 14.9. The molecule has 0 aromatic heterocycles. The summed E-state index contributed by atoms with van der Waals surface area (Å²) in [6, 6.07) is 0. The van der Waals surface area contributed by atoms with Gasteiger partial charge in [0, 0.05) is 39.4 Å². The van der Waals surface area contributed by atoms with Crippen LogP contribution in [0.5, 0.6) is 0 Å². The predicted octanol–water partition coefficient (Wildman–Crippen LogP) is 1.75. The van der Waals surface area contributed by atoms with E-state index in [1.165, 1.54) is 12.8 Å². The van der Waals surface area contributed by atoms with E-state index in [1.54, 1.807) is 0 Å². The third kappa shape index (κ3) is 12.3. The summed E-state index contributed by atoms with van der Waals surface area (Å²) in [7, 11) is 0. The van der Waals surface area contributed by atoms with Gasteiger partial charge in [0.1, 0.15) is 0 Å². The number of hydrogen-bond acceptors (Lipinski definition) is 4. The average Bonchev–Trinajstić information content (AvgIpc) is 2.40. The summed E-state index contributed by atoms with van der Waals surface area (Å²) in [6.45, 7) is 15.0. The van der Waals surface area contributed by atoms with E-state index in [-0.39, 0.29) is 0 Å². The van der Waals surface area contributed by atoms with Gasteiger partial charge in [-0.3, -0.25) is 0 Å². The van der Waals surface area contributed by atoms with Gasteiger partial charge >= 0.3 is 0 Å². The molecule has 0 aliphatic heterocycles. The first-order chi connectivity index (χ1) is 8.85. The van der Waals surface area contributed by atoms with Crippen molar-refractivity contribution >= 4 is 0 Å². The van der Waals surface area contributed by atoms with Crippen LogP contribution < -0.4 is 5.32 Å². The van der Waals surface area contributed by atoms with Gasteiger partial charge in [0.05, 0.1) is 13.2 Å². The molecular weight excluding hydrogens is 228 g/mol. The van der Waals surface area contributed by atoms with Gasteiger partial charge in [0.15, 0.2) is 0 Å². The third-order valence-corrected chi connectivity index (χ3v) is 2.87. The van der Waals surface area contributed by atoms with E-state index in [1.807, 2.05) is 6.92 Å². The molecule has 0 atom stereocenters. The van der Waals surface area contributed by atoms with Crippen LogP contribution in [-0.4, -0.2) is 64.1 Å². The second-order valence-electron chi connectivity index (χ2n) is 4.35. The summed E-state index contributed by atoms with van der Waals surface area (Å²) in [5.41, 5.74) is 0. The van der Waals surface area contributed by atoms with Crippen molar-refractivity contribution in [3.63, 3.8) is 0 Å². The van der Waals surface area contributed by atoms with Crippen molar-refractivity contribution in [3.8, 4) is 0 Å². The summed E-state index contributed by atoms with van der Waals surface area (Å²) in [5.74, 6) is 0. The number of nitrogens with one attached hydrogen (secondary N) is 1. The Labute approximate surface area is 113 Å². The van der Waals surface area contributed by atoms with Crippen molar-refractivity contribution in [1.29, 1.82) is 0 Å². The van der Waals surface area contributed by atoms with Crippen LogP contribution in [0.2, 0.25) is 0 Å². The van der Waals surface area contributed by atoms with E-state index in [0.29, 0.717) is 0 Å². The van der Waals surface area contributed by atoms with Crippen molar-refractivity contribution < 1.29 is 9.47 Å². The molecule has 0 fully saturated rings. The Hall–Kier alpha value is -0.160. The van der Waals surface area contributed by atoms with Crippen LogP contribution in [0.25, 0.3) is 0 Å². The van der Waals surface area contributed by atoms with Gasteiger partial charge in [-0.25, -0.2) is 0 Å². The minimum absolute atomic E-state index is 0.810. The molecule has 0 radical (unpaired) electrons. The zero-order valence-corrected chi connectivity index (χ0v) is 12.5. The van der Waals surface area contributed by atoms with Crippen LogP contribution in [0.1, 0.15) is 33.6 Å². The quantitative estimate of drug-likeness (QED) is 0.483. The maximum absolute atomic E-state index is 5.49. The molecule has 1 N–H and O–H groups in total. The summed E-state index contributed by atoms with van der Waals surface area (Å²) in [4.78, 5) is 2.40. The van der Waals surface area contributed by atoms with Crippen molar-refractivity contribution in [2.24, 2.45) is 0 Å². The Morgan fingerprint density at radius 1 is 0.889 bits per heavy atom. The second-order valence-corrected chi connectivity index (χ2v) is 4.35. The molecule has 0 rings (SSSR count). The van der Waals surface area contributed by atoms with Crippen molar-refractivity contribution in [2.45, 2.75) is 33.6 Å². The fourth-order valence-electron chi connectivity index (χ4n) is 1.62. The van der Waals surface area contributed by atoms with E-state index in [2.05, 4.69) is 24.1 Å². The Morgan fingerprint density at radius 2 is 1.72 bits per heavy atom. The first-order valence-corrected chi connectivity index (χ1v) is 7.43. The lowest BCUT2D eigenvalue weighted by Crippen LogP contribution is -2.35. The van der Waals surface area contributed by atoms with E-state index in [4.69, 9.17) is 9.47 Å². The van der Waals surface area contributed by atoms with Gasteiger partial charge in [-0.1, -0.05) is 20.3 Å². The van der Waals surface area contributed by atoms with Gasteiger partial charge < -0.3 is 19.7 Å². The van der Waals surface area contributed by atoms with Gasteiger partial charge in [-0.15, -0.1) is 0 Å². The lowest BCUT2D eigenvalue weighted by atomic mass is 10.4. The van der Waals surface area contributed by atoms with Crippen LogP contribution in [0.4, 0.5) is 0 Å². The van der Waals surface area contributed by atoms with Crippen molar-refractivity contribution in [3.05, 3.63) is 0 Å². The molecule has 0 heterocycles. The highest BCUT2D eigenvalue weighted by Crippen LogP contribution is 1.88. The van der Waals surface area contributed by atoms with Gasteiger partial charge in [-0.05, 0) is 19.9 Å². The Balaban J connectivity index is 3.23. The number of likely N-dealkylation sites (N-methyl/N-ethyl adjacent to an activating group) is 1. The summed E-state index contributed by atoms with van der Waals surface area (Å²) >= 11 is 0. The molecule has 110 valence electrons. The maximum atomic E-state index is 5.49. The lowest BCUT2D eigenvalue weighted by molar-refractivity contribution is 0.113. The normalized spacial score (nSPS) is 11.3.